The number of hydrogen-bond acceptors (Lipinski definition) is 3. The number of hydrogen-bond donors (Lipinski definition) is 3. The molecule has 0 saturated carbocycles. The lowest BCUT2D eigenvalue weighted by Crippen LogP contribution is -2.55. The van der Waals surface area contributed by atoms with Crippen LogP contribution in [0.2, 0.25) is 0 Å². The van der Waals surface area contributed by atoms with Crippen molar-refractivity contribution in [3.63, 3.8) is 0 Å². The van der Waals surface area contributed by atoms with Crippen molar-refractivity contribution in [2.75, 3.05) is 13.2 Å². The minimum Gasteiger partial charge on any atom is -0.481 e. The lowest BCUT2D eigenvalue weighted by molar-refractivity contribution is -0.138. The van der Waals surface area contributed by atoms with Crippen LogP contribution in [0.25, 0.3) is 0 Å². The number of nitrogens with zero attached hydrogens (tertiary/aromatic N) is 1. The first-order valence-corrected chi connectivity index (χ1v) is 6.77. The van der Waals surface area contributed by atoms with Gasteiger partial charge >= 0.3 is 12.0 Å². The fourth-order valence-corrected chi connectivity index (χ4v) is 2.50. The van der Waals surface area contributed by atoms with Crippen molar-refractivity contribution >= 4 is 12.0 Å². The number of rotatable bonds is 5. The normalized spacial score (nSPS) is 20.2. The maximum atomic E-state index is 12.2. The summed E-state index contributed by atoms with van der Waals surface area (Å²) in [5.74, 6) is -0.934. The molecule has 6 nitrogen and oxygen atoms in total. The van der Waals surface area contributed by atoms with Crippen molar-refractivity contribution in [2.45, 2.75) is 57.5 Å². The number of piperidine rings is 1. The van der Waals surface area contributed by atoms with Gasteiger partial charge in [0.05, 0.1) is 6.42 Å². The SMILES string of the molecule is CC(C)(CC(=O)O)NC(=O)N1CCCCC1CCO. The number of likely N-dealkylation sites (tertiary alicyclic amines) is 1. The summed E-state index contributed by atoms with van der Waals surface area (Å²) in [7, 11) is 0. The monoisotopic (exact) mass is 272 g/mol. The number of nitrogens with one attached hydrogen (secondary N) is 1. The Kier molecular flexibility index (Phi) is 5.60. The molecule has 1 unspecified atom stereocenters. The Morgan fingerprint density at radius 1 is 1.37 bits per heavy atom. The molecule has 0 aromatic heterocycles. The van der Waals surface area contributed by atoms with Gasteiger partial charge in [-0.15, -0.1) is 0 Å². The molecular formula is C13H24N2O4. The van der Waals surface area contributed by atoms with Crippen LogP contribution in [0, 0.1) is 0 Å². The number of carboxylic acid groups (broad SMARTS) is 1. The van der Waals surface area contributed by atoms with E-state index in [2.05, 4.69) is 5.32 Å². The minimum atomic E-state index is -0.934. The van der Waals surface area contributed by atoms with Gasteiger partial charge in [-0.25, -0.2) is 4.79 Å². The van der Waals surface area contributed by atoms with E-state index in [0.717, 1.165) is 19.3 Å². The van der Waals surface area contributed by atoms with Crippen LogP contribution in [0.5, 0.6) is 0 Å². The first kappa shape index (κ1) is 15.8. The summed E-state index contributed by atoms with van der Waals surface area (Å²) in [4.78, 5) is 24.7. The molecule has 1 aliphatic heterocycles. The molecule has 0 radical (unpaired) electrons. The average Bonchev–Trinajstić information content (AvgIpc) is 2.27. The highest BCUT2D eigenvalue weighted by atomic mass is 16.4. The third-order valence-electron chi connectivity index (χ3n) is 3.39. The van der Waals surface area contributed by atoms with Crippen molar-refractivity contribution in [2.24, 2.45) is 0 Å². The summed E-state index contributed by atoms with van der Waals surface area (Å²) in [6.45, 7) is 4.13. The van der Waals surface area contributed by atoms with Crippen LogP contribution in [0.4, 0.5) is 4.79 Å². The van der Waals surface area contributed by atoms with Gasteiger partial charge in [-0.3, -0.25) is 4.79 Å². The van der Waals surface area contributed by atoms with Crippen LogP contribution in [0.1, 0.15) is 46.0 Å². The maximum Gasteiger partial charge on any atom is 0.318 e. The van der Waals surface area contributed by atoms with Crippen LogP contribution in [0.15, 0.2) is 0 Å². The Morgan fingerprint density at radius 2 is 2.05 bits per heavy atom. The molecule has 1 heterocycles. The smallest absolute Gasteiger partial charge is 0.318 e. The lowest BCUT2D eigenvalue weighted by atomic mass is 9.98. The molecular weight excluding hydrogens is 248 g/mol. The summed E-state index contributed by atoms with van der Waals surface area (Å²) in [5.41, 5.74) is -0.774. The first-order chi connectivity index (χ1) is 8.85. The van der Waals surface area contributed by atoms with Crippen molar-refractivity contribution in [1.82, 2.24) is 10.2 Å². The van der Waals surface area contributed by atoms with Gasteiger partial charge in [-0.2, -0.15) is 0 Å². The Hall–Kier alpha value is -1.30. The fourth-order valence-electron chi connectivity index (χ4n) is 2.50. The molecule has 3 N–H and O–H groups in total. The molecule has 1 atom stereocenters. The largest absolute Gasteiger partial charge is 0.481 e. The summed E-state index contributed by atoms with van der Waals surface area (Å²) < 4.78 is 0. The van der Waals surface area contributed by atoms with E-state index in [9.17, 15) is 9.59 Å². The van der Waals surface area contributed by atoms with Gasteiger partial charge < -0.3 is 20.4 Å². The summed E-state index contributed by atoms with van der Waals surface area (Å²) in [5, 5.41) is 20.6. The summed E-state index contributed by atoms with van der Waals surface area (Å²) in [6, 6.07) is -0.177. The van der Waals surface area contributed by atoms with E-state index >= 15 is 0 Å². The lowest BCUT2D eigenvalue weighted by Gasteiger charge is -2.38. The minimum absolute atomic E-state index is 0.0550. The number of amides is 2. The Labute approximate surface area is 113 Å². The van der Waals surface area contributed by atoms with Crippen LogP contribution >= 0.6 is 0 Å². The number of aliphatic hydroxyl groups is 1. The second-order valence-electron chi connectivity index (χ2n) is 5.74. The van der Waals surface area contributed by atoms with Gasteiger partial charge in [-0.1, -0.05) is 0 Å². The van der Waals surface area contributed by atoms with E-state index < -0.39 is 11.5 Å². The number of carboxylic acids is 1. The van der Waals surface area contributed by atoms with Gasteiger partial charge in [0.2, 0.25) is 0 Å². The number of aliphatic carboxylic acids is 1. The first-order valence-electron chi connectivity index (χ1n) is 6.77. The zero-order valence-electron chi connectivity index (χ0n) is 11.7. The van der Waals surface area contributed by atoms with Gasteiger partial charge in [0.15, 0.2) is 0 Å². The van der Waals surface area contributed by atoms with E-state index in [-0.39, 0.29) is 25.1 Å². The molecule has 0 aromatic rings. The van der Waals surface area contributed by atoms with E-state index in [0.29, 0.717) is 13.0 Å². The Balaban J connectivity index is 2.61. The predicted molar refractivity (Wildman–Crippen MR) is 70.9 cm³/mol. The molecule has 0 bridgehead atoms. The van der Waals surface area contributed by atoms with Gasteiger partial charge in [-0.05, 0) is 39.5 Å². The third kappa shape index (κ3) is 5.06. The number of carbonyl (C=O) groups is 2. The molecule has 2 amide bonds. The third-order valence-corrected chi connectivity index (χ3v) is 3.39. The second kappa shape index (κ2) is 6.75. The van der Waals surface area contributed by atoms with E-state index in [4.69, 9.17) is 10.2 Å². The Bertz CT molecular complexity index is 329. The van der Waals surface area contributed by atoms with Crippen LogP contribution < -0.4 is 5.32 Å². The summed E-state index contributed by atoms with van der Waals surface area (Å²) in [6.07, 6.45) is 3.37. The molecule has 0 spiro atoms. The highest BCUT2D eigenvalue weighted by Gasteiger charge is 2.30. The average molecular weight is 272 g/mol. The van der Waals surface area contributed by atoms with E-state index in [1.165, 1.54) is 0 Å². The van der Waals surface area contributed by atoms with Crippen molar-refractivity contribution < 1.29 is 19.8 Å². The van der Waals surface area contributed by atoms with Crippen molar-refractivity contribution in [3.05, 3.63) is 0 Å². The van der Waals surface area contributed by atoms with Gasteiger partial charge in [0.25, 0.3) is 0 Å². The van der Waals surface area contributed by atoms with Gasteiger partial charge in [0.1, 0.15) is 0 Å². The fraction of sp³-hybridized carbons (Fsp3) is 0.846. The number of urea groups is 1. The molecule has 110 valence electrons. The molecule has 0 aliphatic carbocycles. The van der Waals surface area contributed by atoms with Crippen LogP contribution in [-0.4, -0.2) is 51.8 Å². The van der Waals surface area contributed by atoms with Crippen molar-refractivity contribution in [3.8, 4) is 0 Å². The standard InChI is InChI=1S/C13H24N2O4/c1-13(2,9-11(17)18)14-12(19)15-7-4-3-5-10(15)6-8-16/h10,16H,3-9H2,1-2H3,(H,14,19)(H,17,18). The van der Waals surface area contributed by atoms with E-state index in [1.807, 2.05) is 0 Å². The number of carbonyl (C=O) groups excluding carboxylic acids is 1. The molecule has 19 heavy (non-hydrogen) atoms. The summed E-state index contributed by atoms with van der Waals surface area (Å²) >= 11 is 0. The highest BCUT2D eigenvalue weighted by molar-refractivity contribution is 5.77. The molecule has 1 fully saturated rings. The number of aliphatic hydroxyl groups excluding tert-OH is 1. The highest BCUT2D eigenvalue weighted by Crippen LogP contribution is 2.20. The predicted octanol–water partition coefficient (Wildman–Crippen LogP) is 1.19. The van der Waals surface area contributed by atoms with Crippen LogP contribution in [-0.2, 0) is 4.79 Å². The second-order valence-corrected chi connectivity index (χ2v) is 5.74. The maximum absolute atomic E-state index is 12.2. The van der Waals surface area contributed by atoms with Crippen molar-refractivity contribution in [1.29, 1.82) is 0 Å². The zero-order valence-corrected chi connectivity index (χ0v) is 11.7. The molecule has 1 aliphatic rings. The molecule has 0 aromatic carbocycles. The molecule has 6 heteroatoms. The Morgan fingerprint density at radius 3 is 2.63 bits per heavy atom. The van der Waals surface area contributed by atoms with Gasteiger partial charge in [0, 0.05) is 24.7 Å². The molecule has 1 saturated heterocycles. The quantitative estimate of drug-likeness (QED) is 0.701. The van der Waals surface area contributed by atoms with E-state index in [1.54, 1.807) is 18.7 Å². The molecule has 1 rings (SSSR count). The van der Waals surface area contributed by atoms with Crippen LogP contribution in [0.3, 0.4) is 0 Å². The topological polar surface area (TPSA) is 89.9 Å². The zero-order chi connectivity index (χ0) is 14.5.